The summed E-state index contributed by atoms with van der Waals surface area (Å²) in [6, 6.07) is 9.30. The summed E-state index contributed by atoms with van der Waals surface area (Å²) < 4.78 is 14.2. The van der Waals surface area contributed by atoms with E-state index in [1.807, 2.05) is 44.3 Å². The number of nitrogens with zero attached hydrogens (tertiary/aromatic N) is 5. The molecule has 2 aromatic heterocycles. The largest absolute Gasteiger partial charge is 0.493 e. The Bertz CT molecular complexity index is 917. The first kappa shape index (κ1) is 18.4. The normalized spacial score (nSPS) is 10.6. The van der Waals surface area contributed by atoms with Crippen molar-refractivity contribution in [1.82, 2.24) is 30.1 Å². The third kappa shape index (κ3) is 4.84. The quantitative estimate of drug-likeness (QED) is 0.641. The summed E-state index contributed by atoms with van der Waals surface area (Å²) >= 11 is 0. The number of hydrogen-bond acceptors (Lipinski definition) is 6. The summed E-state index contributed by atoms with van der Waals surface area (Å²) in [4.78, 5) is 12.1. The van der Waals surface area contributed by atoms with Crippen LogP contribution in [-0.4, -0.2) is 37.8 Å². The molecule has 0 fully saturated rings. The molecule has 0 aliphatic rings. The Balaban J connectivity index is 1.50. The number of aromatic nitrogens is 5. The first-order valence-electron chi connectivity index (χ1n) is 8.46. The molecule has 1 N–H and O–H groups in total. The number of ether oxygens (including phenoxy) is 2. The van der Waals surface area contributed by atoms with Crippen molar-refractivity contribution in [2.24, 2.45) is 7.05 Å². The second-order valence-electron chi connectivity index (χ2n) is 6.02. The molecule has 0 aliphatic heterocycles. The van der Waals surface area contributed by atoms with Crippen LogP contribution in [0.1, 0.15) is 17.1 Å². The molecule has 3 rings (SSSR count). The first-order valence-corrected chi connectivity index (χ1v) is 8.46. The lowest BCUT2D eigenvalue weighted by molar-refractivity contribution is -0.122. The van der Waals surface area contributed by atoms with Crippen LogP contribution in [0.2, 0.25) is 0 Å². The van der Waals surface area contributed by atoms with Gasteiger partial charge in [-0.15, -0.1) is 5.10 Å². The Hall–Kier alpha value is -3.36. The Labute approximate surface area is 156 Å². The highest BCUT2D eigenvalue weighted by atomic mass is 16.5. The van der Waals surface area contributed by atoms with Gasteiger partial charge >= 0.3 is 0 Å². The first-order chi connectivity index (χ1) is 13.0. The molecule has 0 saturated heterocycles. The second kappa shape index (κ2) is 8.35. The number of benzene rings is 1. The van der Waals surface area contributed by atoms with E-state index in [1.54, 1.807) is 18.0 Å². The van der Waals surface area contributed by atoms with Gasteiger partial charge < -0.3 is 14.8 Å². The van der Waals surface area contributed by atoms with E-state index in [0.717, 1.165) is 11.4 Å². The lowest BCUT2D eigenvalue weighted by Gasteiger charge is -2.08. The van der Waals surface area contributed by atoms with Crippen LogP contribution >= 0.6 is 0 Å². The maximum atomic E-state index is 12.1. The number of aryl methyl sites for hydroxylation is 2. The molecule has 0 aliphatic carbocycles. The average molecular weight is 370 g/mol. The molecule has 142 valence electrons. The summed E-state index contributed by atoms with van der Waals surface area (Å²) in [5.41, 5.74) is 2.47. The Morgan fingerprint density at radius 1 is 1.26 bits per heavy atom. The van der Waals surface area contributed by atoms with E-state index in [-0.39, 0.29) is 19.1 Å². The van der Waals surface area contributed by atoms with Crippen molar-refractivity contribution in [3.05, 3.63) is 53.6 Å². The van der Waals surface area contributed by atoms with Crippen molar-refractivity contribution in [2.45, 2.75) is 26.6 Å². The molecule has 27 heavy (non-hydrogen) atoms. The summed E-state index contributed by atoms with van der Waals surface area (Å²) in [5, 5.41) is 15.1. The van der Waals surface area contributed by atoms with Crippen LogP contribution in [0.25, 0.3) is 0 Å². The smallest absolute Gasteiger partial charge is 0.242 e. The van der Waals surface area contributed by atoms with Gasteiger partial charge in [0, 0.05) is 7.05 Å². The Kier molecular flexibility index (Phi) is 5.70. The molecule has 3 aromatic rings. The standard InChI is InChI=1S/C18H22N6O3/c1-13-8-15(23(2)21-13)9-19-18(25)11-24-10-14(20-22-24)12-27-17-7-5-4-6-16(17)26-3/h4-8,10H,9,11-12H2,1-3H3,(H,19,25). The molecular formula is C18H22N6O3. The van der Waals surface area contributed by atoms with Crippen LogP contribution in [-0.2, 0) is 31.5 Å². The number of methoxy groups -OCH3 is 1. The van der Waals surface area contributed by atoms with Crippen LogP contribution in [0.5, 0.6) is 11.5 Å². The van der Waals surface area contributed by atoms with Crippen molar-refractivity contribution in [1.29, 1.82) is 0 Å². The fourth-order valence-electron chi connectivity index (χ4n) is 2.59. The van der Waals surface area contributed by atoms with Gasteiger partial charge in [-0.1, -0.05) is 17.3 Å². The molecule has 0 spiro atoms. The van der Waals surface area contributed by atoms with Crippen LogP contribution in [0.3, 0.4) is 0 Å². The van der Waals surface area contributed by atoms with Gasteiger partial charge in [-0.3, -0.25) is 9.48 Å². The van der Waals surface area contributed by atoms with E-state index in [9.17, 15) is 4.79 Å². The molecule has 0 unspecified atom stereocenters. The molecule has 1 aromatic carbocycles. The zero-order valence-corrected chi connectivity index (χ0v) is 15.5. The Morgan fingerprint density at radius 3 is 2.74 bits per heavy atom. The van der Waals surface area contributed by atoms with Gasteiger partial charge in [-0.05, 0) is 25.1 Å². The van der Waals surface area contributed by atoms with E-state index in [1.165, 1.54) is 4.68 Å². The van der Waals surface area contributed by atoms with E-state index in [4.69, 9.17) is 9.47 Å². The molecule has 9 heteroatoms. The third-order valence-electron chi connectivity index (χ3n) is 3.90. The predicted octanol–water partition coefficient (Wildman–Crippen LogP) is 1.22. The van der Waals surface area contributed by atoms with Gasteiger partial charge in [-0.2, -0.15) is 5.10 Å². The maximum Gasteiger partial charge on any atom is 0.242 e. The number of carbonyl (C=O) groups excluding carboxylic acids is 1. The van der Waals surface area contributed by atoms with Gasteiger partial charge in [0.2, 0.25) is 5.91 Å². The van der Waals surface area contributed by atoms with Crippen LogP contribution in [0.15, 0.2) is 36.5 Å². The molecule has 0 bridgehead atoms. The summed E-state index contributed by atoms with van der Waals surface area (Å²) in [6.45, 7) is 2.64. The molecule has 0 atom stereocenters. The third-order valence-corrected chi connectivity index (χ3v) is 3.90. The van der Waals surface area contributed by atoms with Crippen LogP contribution < -0.4 is 14.8 Å². The topological polar surface area (TPSA) is 96.1 Å². The number of nitrogens with one attached hydrogen (secondary N) is 1. The molecule has 0 saturated carbocycles. The van der Waals surface area contributed by atoms with Crippen molar-refractivity contribution in [3.8, 4) is 11.5 Å². The molecular weight excluding hydrogens is 348 g/mol. The van der Waals surface area contributed by atoms with Crippen molar-refractivity contribution >= 4 is 5.91 Å². The maximum absolute atomic E-state index is 12.1. The summed E-state index contributed by atoms with van der Waals surface area (Å²) in [6.07, 6.45) is 1.68. The number of para-hydroxylation sites is 2. The Morgan fingerprint density at radius 2 is 2.04 bits per heavy atom. The molecule has 2 heterocycles. The van der Waals surface area contributed by atoms with Gasteiger partial charge in [-0.25, -0.2) is 4.68 Å². The minimum Gasteiger partial charge on any atom is -0.493 e. The lowest BCUT2D eigenvalue weighted by Crippen LogP contribution is -2.28. The SMILES string of the molecule is COc1ccccc1OCc1cn(CC(=O)NCc2cc(C)nn2C)nn1. The van der Waals surface area contributed by atoms with Gasteiger partial charge in [0.15, 0.2) is 11.5 Å². The zero-order valence-electron chi connectivity index (χ0n) is 15.5. The highest BCUT2D eigenvalue weighted by Gasteiger charge is 2.09. The van der Waals surface area contributed by atoms with E-state index < -0.39 is 0 Å². The average Bonchev–Trinajstić information content (AvgIpc) is 3.23. The minimum atomic E-state index is -0.157. The zero-order chi connectivity index (χ0) is 19.2. The van der Waals surface area contributed by atoms with E-state index in [0.29, 0.717) is 23.7 Å². The number of hydrogen-bond donors (Lipinski definition) is 1. The van der Waals surface area contributed by atoms with Gasteiger partial charge in [0.1, 0.15) is 18.8 Å². The van der Waals surface area contributed by atoms with Crippen molar-refractivity contribution < 1.29 is 14.3 Å². The highest BCUT2D eigenvalue weighted by Crippen LogP contribution is 2.26. The number of carbonyl (C=O) groups is 1. The van der Waals surface area contributed by atoms with Crippen molar-refractivity contribution in [3.63, 3.8) is 0 Å². The number of rotatable bonds is 8. The lowest BCUT2D eigenvalue weighted by atomic mass is 10.3. The summed E-state index contributed by atoms with van der Waals surface area (Å²) in [5.74, 6) is 1.12. The number of amides is 1. The van der Waals surface area contributed by atoms with E-state index >= 15 is 0 Å². The minimum absolute atomic E-state index is 0.0818. The predicted molar refractivity (Wildman–Crippen MR) is 97.1 cm³/mol. The molecule has 0 radical (unpaired) electrons. The fourth-order valence-corrected chi connectivity index (χ4v) is 2.59. The summed E-state index contributed by atoms with van der Waals surface area (Å²) in [7, 11) is 3.43. The van der Waals surface area contributed by atoms with Gasteiger partial charge in [0.05, 0.1) is 31.2 Å². The monoisotopic (exact) mass is 370 g/mol. The van der Waals surface area contributed by atoms with E-state index in [2.05, 4.69) is 20.7 Å². The van der Waals surface area contributed by atoms with Crippen molar-refractivity contribution in [2.75, 3.05) is 7.11 Å². The highest BCUT2D eigenvalue weighted by molar-refractivity contribution is 5.75. The molecule has 9 nitrogen and oxygen atoms in total. The second-order valence-corrected chi connectivity index (χ2v) is 6.02. The van der Waals surface area contributed by atoms with Crippen LogP contribution in [0.4, 0.5) is 0 Å². The van der Waals surface area contributed by atoms with Gasteiger partial charge in [0.25, 0.3) is 0 Å². The van der Waals surface area contributed by atoms with Crippen LogP contribution in [0, 0.1) is 6.92 Å². The fraction of sp³-hybridized carbons (Fsp3) is 0.333. The molecule has 1 amide bonds.